The third kappa shape index (κ3) is 3.46. The Hall–Kier alpha value is -1.07. The van der Waals surface area contributed by atoms with Crippen LogP contribution in [0.15, 0.2) is 24.3 Å². The molecule has 0 aliphatic carbocycles. The summed E-state index contributed by atoms with van der Waals surface area (Å²) >= 11 is 12.4. The highest BCUT2D eigenvalue weighted by molar-refractivity contribution is 6.30. The van der Waals surface area contributed by atoms with Crippen molar-refractivity contribution in [3.05, 3.63) is 51.3 Å². The summed E-state index contributed by atoms with van der Waals surface area (Å²) in [5, 5.41) is 15.6. The van der Waals surface area contributed by atoms with Gasteiger partial charge >= 0.3 is 0 Å². The second-order valence-corrected chi connectivity index (χ2v) is 6.61. The number of aliphatic hydroxyl groups is 1. The minimum absolute atomic E-state index is 0.219. The van der Waals surface area contributed by atoms with Crippen LogP contribution in [0, 0.1) is 6.92 Å². The number of aromatic nitrogens is 2. The summed E-state index contributed by atoms with van der Waals surface area (Å²) in [5.74, 6) is 0. The van der Waals surface area contributed by atoms with Crippen molar-refractivity contribution in [2.24, 2.45) is 0 Å². The molecule has 22 heavy (non-hydrogen) atoms. The fourth-order valence-electron chi connectivity index (χ4n) is 2.82. The lowest BCUT2D eigenvalue weighted by Gasteiger charge is -2.14. The molecule has 1 saturated heterocycles. The fourth-order valence-corrected chi connectivity index (χ4v) is 3.24. The largest absolute Gasteiger partial charge is 0.392 e. The lowest BCUT2D eigenvalue weighted by atomic mass is 10.2. The van der Waals surface area contributed by atoms with Crippen LogP contribution in [0.1, 0.15) is 23.2 Å². The zero-order valence-corrected chi connectivity index (χ0v) is 14.0. The van der Waals surface area contributed by atoms with Gasteiger partial charge in [0.25, 0.3) is 0 Å². The molecule has 118 valence electrons. The fraction of sp³-hybridized carbons (Fsp3) is 0.438. The smallest absolute Gasteiger partial charge is 0.132 e. The molecule has 0 amide bonds. The first-order chi connectivity index (χ1) is 10.5. The van der Waals surface area contributed by atoms with Gasteiger partial charge in [-0.05, 0) is 31.0 Å². The van der Waals surface area contributed by atoms with Gasteiger partial charge in [-0.1, -0.05) is 35.3 Å². The van der Waals surface area contributed by atoms with Crippen LogP contribution >= 0.6 is 23.2 Å². The van der Waals surface area contributed by atoms with Crippen molar-refractivity contribution in [3.8, 4) is 0 Å². The Kier molecular flexibility index (Phi) is 4.73. The molecule has 3 rings (SSSR count). The van der Waals surface area contributed by atoms with Crippen molar-refractivity contribution in [3.63, 3.8) is 0 Å². The Bertz CT molecular complexity index is 654. The summed E-state index contributed by atoms with van der Waals surface area (Å²) in [6.45, 7) is 4.95. The van der Waals surface area contributed by atoms with Crippen LogP contribution in [0.4, 0.5) is 0 Å². The molecule has 0 spiro atoms. The third-order valence-electron chi connectivity index (χ3n) is 4.06. The first kappa shape index (κ1) is 15.8. The van der Waals surface area contributed by atoms with E-state index in [0.717, 1.165) is 41.4 Å². The van der Waals surface area contributed by atoms with Gasteiger partial charge in [0, 0.05) is 30.2 Å². The summed E-state index contributed by atoms with van der Waals surface area (Å²) < 4.78 is 1.82. The highest BCUT2D eigenvalue weighted by Gasteiger charge is 2.23. The molecule has 0 bridgehead atoms. The highest BCUT2D eigenvalue weighted by atomic mass is 35.5. The van der Waals surface area contributed by atoms with E-state index in [2.05, 4.69) is 10.00 Å². The molecule has 1 fully saturated rings. The number of halogens is 2. The number of aryl methyl sites for hydroxylation is 1. The van der Waals surface area contributed by atoms with Gasteiger partial charge < -0.3 is 5.11 Å². The number of hydrogen-bond donors (Lipinski definition) is 1. The molecule has 2 heterocycles. The maximum absolute atomic E-state index is 9.63. The Morgan fingerprint density at radius 1 is 1.23 bits per heavy atom. The maximum atomic E-state index is 9.63. The lowest BCUT2D eigenvalue weighted by Crippen LogP contribution is -2.21. The van der Waals surface area contributed by atoms with Crippen molar-refractivity contribution < 1.29 is 5.11 Å². The van der Waals surface area contributed by atoms with Gasteiger partial charge in [-0.15, -0.1) is 0 Å². The van der Waals surface area contributed by atoms with Gasteiger partial charge in [-0.3, -0.25) is 4.90 Å². The van der Waals surface area contributed by atoms with E-state index in [-0.39, 0.29) is 6.10 Å². The number of hydrogen-bond acceptors (Lipinski definition) is 3. The van der Waals surface area contributed by atoms with Crippen molar-refractivity contribution in [2.75, 3.05) is 13.1 Å². The van der Waals surface area contributed by atoms with Gasteiger partial charge in [0.1, 0.15) is 5.15 Å². The van der Waals surface area contributed by atoms with Crippen molar-refractivity contribution in [1.29, 1.82) is 0 Å². The predicted octanol–water partition coefficient (Wildman–Crippen LogP) is 3.11. The average molecular weight is 340 g/mol. The second-order valence-electron chi connectivity index (χ2n) is 5.82. The lowest BCUT2D eigenvalue weighted by molar-refractivity contribution is 0.174. The first-order valence-electron chi connectivity index (χ1n) is 7.39. The highest BCUT2D eigenvalue weighted by Crippen LogP contribution is 2.24. The summed E-state index contributed by atoms with van der Waals surface area (Å²) in [7, 11) is 0. The Morgan fingerprint density at radius 2 is 1.95 bits per heavy atom. The van der Waals surface area contributed by atoms with E-state index >= 15 is 0 Å². The number of benzene rings is 1. The van der Waals surface area contributed by atoms with E-state index in [9.17, 15) is 5.11 Å². The molecular weight excluding hydrogens is 321 g/mol. The molecule has 2 aromatic rings. The van der Waals surface area contributed by atoms with Crippen LogP contribution in [-0.2, 0) is 13.1 Å². The SMILES string of the molecule is Cc1nn(Cc2ccc(Cl)cc2)c(Cl)c1CN1CC[C@@H](O)C1. The Labute approximate surface area is 140 Å². The molecule has 1 aliphatic rings. The number of β-amino-alcohol motifs (C(OH)–C–C–N with tert-alkyl or cyclic N) is 1. The van der Waals surface area contributed by atoms with Crippen LogP contribution in [0.3, 0.4) is 0 Å². The average Bonchev–Trinajstić information content (AvgIpc) is 3.00. The minimum atomic E-state index is -0.219. The molecule has 1 aromatic heterocycles. The molecular formula is C16H19Cl2N3O. The number of rotatable bonds is 4. The molecule has 4 nitrogen and oxygen atoms in total. The molecule has 1 N–H and O–H groups in total. The van der Waals surface area contributed by atoms with Gasteiger partial charge in [0.05, 0.1) is 18.3 Å². The van der Waals surface area contributed by atoms with Crippen molar-refractivity contribution in [2.45, 2.75) is 32.5 Å². The van der Waals surface area contributed by atoms with Crippen LogP contribution < -0.4 is 0 Å². The Balaban J connectivity index is 1.76. The monoisotopic (exact) mass is 339 g/mol. The molecule has 0 saturated carbocycles. The van der Waals surface area contributed by atoms with Gasteiger partial charge in [0.15, 0.2) is 0 Å². The normalized spacial score (nSPS) is 19.0. The standard InChI is InChI=1S/C16H19Cl2N3O/c1-11-15(10-20-7-6-14(22)9-20)16(18)21(19-11)8-12-2-4-13(17)5-3-12/h2-5,14,22H,6-10H2,1H3/t14-/m1/s1. The minimum Gasteiger partial charge on any atom is -0.392 e. The van der Waals surface area contributed by atoms with Crippen LogP contribution in [0.25, 0.3) is 0 Å². The molecule has 1 atom stereocenters. The number of nitrogens with zero attached hydrogens (tertiary/aromatic N) is 3. The van der Waals surface area contributed by atoms with Crippen molar-refractivity contribution in [1.82, 2.24) is 14.7 Å². The molecule has 0 radical (unpaired) electrons. The molecule has 6 heteroatoms. The molecule has 0 unspecified atom stereocenters. The van der Waals surface area contributed by atoms with Crippen molar-refractivity contribution >= 4 is 23.2 Å². The first-order valence-corrected chi connectivity index (χ1v) is 8.15. The quantitative estimate of drug-likeness (QED) is 0.930. The third-order valence-corrected chi connectivity index (χ3v) is 4.73. The van der Waals surface area contributed by atoms with E-state index in [1.807, 2.05) is 35.9 Å². The second kappa shape index (κ2) is 6.59. The van der Waals surface area contributed by atoms with E-state index in [0.29, 0.717) is 18.2 Å². The van der Waals surface area contributed by atoms with Gasteiger partial charge in [-0.2, -0.15) is 5.10 Å². The van der Waals surface area contributed by atoms with Crippen LogP contribution in [0.5, 0.6) is 0 Å². The van der Waals surface area contributed by atoms with Gasteiger partial charge in [-0.25, -0.2) is 4.68 Å². The summed E-state index contributed by atoms with van der Waals surface area (Å²) in [4.78, 5) is 2.22. The predicted molar refractivity (Wildman–Crippen MR) is 88.4 cm³/mol. The molecule has 1 aromatic carbocycles. The number of likely N-dealkylation sites (tertiary alicyclic amines) is 1. The molecule has 1 aliphatic heterocycles. The van der Waals surface area contributed by atoms with E-state index < -0.39 is 0 Å². The van der Waals surface area contributed by atoms with E-state index in [1.54, 1.807) is 0 Å². The van der Waals surface area contributed by atoms with E-state index in [1.165, 1.54) is 0 Å². The van der Waals surface area contributed by atoms with Gasteiger partial charge in [0.2, 0.25) is 0 Å². The maximum Gasteiger partial charge on any atom is 0.132 e. The summed E-state index contributed by atoms with van der Waals surface area (Å²) in [5.41, 5.74) is 3.10. The number of aliphatic hydroxyl groups excluding tert-OH is 1. The summed E-state index contributed by atoms with van der Waals surface area (Å²) in [6.07, 6.45) is 0.610. The Morgan fingerprint density at radius 3 is 2.59 bits per heavy atom. The zero-order valence-electron chi connectivity index (χ0n) is 12.5. The zero-order chi connectivity index (χ0) is 15.7. The van der Waals surface area contributed by atoms with E-state index in [4.69, 9.17) is 23.2 Å². The van der Waals surface area contributed by atoms with Crippen LogP contribution in [0.2, 0.25) is 10.2 Å². The topological polar surface area (TPSA) is 41.3 Å². The van der Waals surface area contributed by atoms with Crippen LogP contribution in [-0.4, -0.2) is 39.0 Å². The summed E-state index contributed by atoms with van der Waals surface area (Å²) in [6, 6.07) is 7.69.